The quantitative estimate of drug-likeness (QED) is 0.479. The van der Waals surface area contributed by atoms with Crippen LogP contribution in [0.3, 0.4) is 0 Å². The van der Waals surface area contributed by atoms with Crippen molar-refractivity contribution in [3.63, 3.8) is 0 Å². The predicted molar refractivity (Wildman–Crippen MR) is 123 cm³/mol. The van der Waals surface area contributed by atoms with E-state index >= 15 is 0 Å². The molecule has 0 amide bonds. The van der Waals surface area contributed by atoms with E-state index in [-0.39, 0.29) is 5.41 Å². The molecule has 1 N–H and O–H groups in total. The lowest BCUT2D eigenvalue weighted by atomic mass is 9.53. The lowest BCUT2D eigenvalue weighted by molar-refractivity contribution is 0.0322. The van der Waals surface area contributed by atoms with Crippen molar-refractivity contribution < 1.29 is 9.05 Å². The van der Waals surface area contributed by atoms with Crippen LogP contribution in [-0.4, -0.2) is 26.8 Å². The number of hydrogen-bond acceptors (Lipinski definition) is 7. The Bertz CT molecular complexity index is 1130. The molecule has 8 rings (SSSR count). The van der Waals surface area contributed by atoms with Gasteiger partial charge in [-0.1, -0.05) is 16.4 Å². The molecular formula is C26H31N5O2. The Kier molecular flexibility index (Phi) is 4.43. The summed E-state index contributed by atoms with van der Waals surface area (Å²) in [7, 11) is 0. The van der Waals surface area contributed by atoms with Gasteiger partial charge in [-0.2, -0.15) is 9.97 Å². The molecular weight excluding hydrogens is 414 g/mol. The van der Waals surface area contributed by atoms with E-state index in [1.54, 1.807) is 0 Å². The first-order valence-corrected chi connectivity index (χ1v) is 12.7. The second-order valence-electron chi connectivity index (χ2n) is 11.1. The van der Waals surface area contributed by atoms with Crippen molar-refractivity contribution >= 4 is 5.69 Å². The summed E-state index contributed by atoms with van der Waals surface area (Å²) in [5.41, 5.74) is 2.59. The molecule has 7 heteroatoms. The minimum atomic E-state index is 0.119. The van der Waals surface area contributed by atoms with Gasteiger partial charge in [0.2, 0.25) is 5.89 Å². The van der Waals surface area contributed by atoms with Gasteiger partial charge in [0, 0.05) is 35.5 Å². The highest BCUT2D eigenvalue weighted by Crippen LogP contribution is 2.57. The highest BCUT2D eigenvalue weighted by atomic mass is 16.5. The van der Waals surface area contributed by atoms with Crippen LogP contribution in [0.4, 0.5) is 5.69 Å². The van der Waals surface area contributed by atoms with E-state index in [1.165, 1.54) is 44.9 Å². The molecule has 5 saturated carbocycles. The third-order valence-corrected chi connectivity index (χ3v) is 8.65. The van der Waals surface area contributed by atoms with Crippen LogP contribution in [0.25, 0.3) is 11.5 Å². The molecule has 0 saturated heterocycles. The van der Waals surface area contributed by atoms with Crippen LogP contribution in [-0.2, 0) is 11.8 Å². The fraction of sp³-hybridized carbons (Fsp3) is 0.615. The molecule has 0 radical (unpaired) electrons. The maximum atomic E-state index is 5.79. The van der Waals surface area contributed by atoms with Crippen LogP contribution >= 0.6 is 0 Å². The first-order valence-electron chi connectivity index (χ1n) is 12.7. The Morgan fingerprint density at radius 3 is 2.48 bits per heavy atom. The zero-order chi connectivity index (χ0) is 21.9. The average molecular weight is 446 g/mol. The van der Waals surface area contributed by atoms with Gasteiger partial charge in [-0.15, -0.1) is 0 Å². The summed E-state index contributed by atoms with van der Waals surface area (Å²) >= 11 is 0. The number of nitrogens with one attached hydrogen (secondary N) is 1. The molecule has 0 spiro atoms. The first kappa shape index (κ1) is 19.7. The van der Waals surface area contributed by atoms with Gasteiger partial charge in [-0.25, -0.2) is 0 Å². The summed E-state index contributed by atoms with van der Waals surface area (Å²) < 4.78 is 11.3. The van der Waals surface area contributed by atoms with Gasteiger partial charge >= 0.3 is 0 Å². The number of anilines is 1. The highest BCUT2D eigenvalue weighted by molar-refractivity contribution is 5.61. The van der Waals surface area contributed by atoms with Crippen molar-refractivity contribution in [2.75, 3.05) is 11.9 Å². The summed E-state index contributed by atoms with van der Waals surface area (Å²) in [5, 5.41) is 12.2. The van der Waals surface area contributed by atoms with E-state index in [0.717, 1.165) is 66.9 Å². The van der Waals surface area contributed by atoms with Crippen LogP contribution in [0.15, 0.2) is 33.3 Å². The molecule has 2 bridgehead atoms. The number of nitrogens with zero attached hydrogens (tertiary/aromatic N) is 4. The van der Waals surface area contributed by atoms with Gasteiger partial charge in [-0.05, 0) is 93.7 Å². The number of aromatic nitrogens is 4. The molecule has 33 heavy (non-hydrogen) atoms. The standard InChI is InChI=1S/C26H31N5O2/c1-2-19(23-29-22(31-32-23)18-6-7-18)15-20(3-1)27-16-25-8-11-26(12-9-25,13-10-25)24-28-21(30-33-24)14-17-4-5-17/h1-3,15,17-18,27H,4-14,16H2. The maximum Gasteiger partial charge on any atom is 0.258 e. The summed E-state index contributed by atoms with van der Waals surface area (Å²) in [5.74, 6) is 4.62. The minimum absolute atomic E-state index is 0.119. The largest absolute Gasteiger partial charge is 0.384 e. The van der Waals surface area contributed by atoms with E-state index in [4.69, 9.17) is 14.0 Å². The monoisotopic (exact) mass is 445 g/mol. The molecule has 0 atom stereocenters. The van der Waals surface area contributed by atoms with Gasteiger partial charge in [-0.3, -0.25) is 0 Å². The topological polar surface area (TPSA) is 89.9 Å². The van der Waals surface area contributed by atoms with Crippen molar-refractivity contribution in [1.82, 2.24) is 20.3 Å². The summed E-state index contributed by atoms with van der Waals surface area (Å²) in [6.07, 6.45) is 13.1. The Labute approximate surface area is 193 Å². The molecule has 1 aromatic carbocycles. The zero-order valence-electron chi connectivity index (χ0n) is 19.1. The molecule has 2 heterocycles. The van der Waals surface area contributed by atoms with E-state index in [9.17, 15) is 0 Å². The van der Waals surface area contributed by atoms with Crippen LogP contribution in [0, 0.1) is 11.3 Å². The SMILES string of the molecule is c1cc(NCC23CCC(c4nc(CC5CC5)no4)(CC2)CC3)cc(-c2nc(C3CC3)no2)c1. The molecule has 5 fully saturated rings. The molecule has 5 aliphatic carbocycles. The van der Waals surface area contributed by atoms with Crippen molar-refractivity contribution in [3.05, 3.63) is 41.8 Å². The summed E-state index contributed by atoms with van der Waals surface area (Å²) in [4.78, 5) is 9.44. The van der Waals surface area contributed by atoms with Gasteiger partial charge in [0.1, 0.15) is 0 Å². The maximum absolute atomic E-state index is 5.79. The van der Waals surface area contributed by atoms with Crippen molar-refractivity contribution in [3.8, 4) is 11.5 Å². The van der Waals surface area contributed by atoms with Crippen LogP contribution in [0.5, 0.6) is 0 Å². The molecule has 0 aliphatic heterocycles. The Morgan fingerprint density at radius 1 is 0.909 bits per heavy atom. The van der Waals surface area contributed by atoms with E-state index in [2.05, 4.69) is 38.8 Å². The summed E-state index contributed by atoms with van der Waals surface area (Å²) in [6, 6.07) is 8.38. The van der Waals surface area contributed by atoms with Gasteiger partial charge < -0.3 is 14.4 Å². The second kappa shape index (κ2) is 7.40. The smallest absolute Gasteiger partial charge is 0.258 e. The highest BCUT2D eigenvalue weighted by Gasteiger charge is 2.52. The van der Waals surface area contributed by atoms with E-state index < -0.39 is 0 Å². The molecule has 7 nitrogen and oxygen atoms in total. The van der Waals surface area contributed by atoms with Crippen molar-refractivity contribution in [2.24, 2.45) is 11.3 Å². The Hall–Kier alpha value is -2.70. The number of rotatable bonds is 8. The molecule has 3 aromatic rings. The predicted octanol–water partition coefficient (Wildman–Crippen LogP) is 5.65. The van der Waals surface area contributed by atoms with Crippen molar-refractivity contribution in [2.45, 2.75) is 82.0 Å². The second-order valence-corrected chi connectivity index (χ2v) is 11.1. The Balaban J connectivity index is 0.999. The molecule has 2 aromatic heterocycles. The average Bonchev–Trinajstić information content (AvgIpc) is 3.78. The van der Waals surface area contributed by atoms with Gasteiger partial charge in [0.25, 0.3) is 5.89 Å². The number of fused-ring (bicyclic) bond motifs is 3. The first-order chi connectivity index (χ1) is 16.2. The van der Waals surface area contributed by atoms with Crippen LogP contribution in [0.1, 0.15) is 87.7 Å². The normalized spacial score (nSPS) is 28.8. The summed E-state index contributed by atoms with van der Waals surface area (Å²) in [6.45, 7) is 1.00. The fourth-order valence-corrected chi connectivity index (χ4v) is 5.89. The van der Waals surface area contributed by atoms with E-state index in [1.807, 2.05) is 6.07 Å². The van der Waals surface area contributed by atoms with Crippen LogP contribution < -0.4 is 5.32 Å². The third-order valence-electron chi connectivity index (χ3n) is 8.65. The van der Waals surface area contributed by atoms with Crippen molar-refractivity contribution in [1.29, 1.82) is 0 Å². The molecule has 0 unspecified atom stereocenters. The minimum Gasteiger partial charge on any atom is -0.384 e. The number of hydrogen-bond donors (Lipinski definition) is 1. The van der Waals surface area contributed by atoms with Gasteiger partial charge in [0.15, 0.2) is 11.6 Å². The third kappa shape index (κ3) is 3.75. The fourth-order valence-electron chi connectivity index (χ4n) is 5.89. The lowest BCUT2D eigenvalue weighted by Crippen LogP contribution is -2.47. The molecule has 5 aliphatic rings. The number of benzene rings is 1. The molecule has 172 valence electrons. The Morgan fingerprint density at radius 2 is 1.73 bits per heavy atom. The van der Waals surface area contributed by atoms with Crippen LogP contribution in [0.2, 0.25) is 0 Å². The zero-order valence-corrected chi connectivity index (χ0v) is 19.1. The lowest BCUT2D eigenvalue weighted by Gasteiger charge is -2.52. The van der Waals surface area contributed by atoms with Gasteiger partial charge in [0.05, 0.1) is 0 Å². The van der Waals surface area contributed by atoms with E-state index in [0.29, 0.717) is 17.2 Å².